The van der Waals surface area contributed by atoms with Gasteiger partial charge in [0.05, 0.1) is 6.04 Å². The van der Waals surface area contributed by atoms with Gasteiger partial charge in [0.1, 0.15) is 5.69 Å². The predicted molar refractivity (Wildman–Crippen MR) is 96.4 cm³/mol. The van der Waals surface area contributed by atoms with Crippen LogP contribution in [-0.4, -0.2) is 45.3 Å². The summed E-state index contributed by atoms with van der Waals surface area (Å²) in [4.78, 5) is 34.8. The van der Waals surface area contributed by atoms with Gasteiger partial charge in [-0.1, -0.05) is 24.3 Å². The fourth-order valence-corrected chi connectivity index (χ4v) is 3.90. The van der Waals surface area contributed by atoms with Gasteiger partial charge in [-0.25, -0.2) is 9.97 Å². The number of benzene rings is 1. The van der Waals surface area contributed by atoms with Crippen LogP contribution in [0.1, 0.15) is 33.7 Å². The number of hydrogen-bond donors (Lipinski definition) is 2. The summed E-state index contributed by atoms with van der Waals surface area (Å²) in [7, 11) is 0. The second-order valence-corrected chi connectivity index (χ2v) is 7.00. The smallest absolute Gasteiger partial charge is 0.270 e. The summed E-state index contributed by atoms with van der Waals surface area (Å²) in [5.74, 6) is -0.161. The average molecular weight is 351 g/mol. The van der Waals surface area contributed by atoms with Crippen LogP contribution in [0.3, 0.4) is 0 Å². The van der Waals surface area contributed by atoms with Gasteiger partial charge in [-0.05, 0) is 37.0 Å². The van der Waals surface area contributed by atoms with E-state index in [2.05, 4.69) is 27.4 Å². The first-order valence-corrected chi connectivity index (χ1v) is 8.78. The molecule has 1 fully saturated rings. The highest BCUT2D eigenvalue weighted by molar-refractivity contribution is 5.93. The van der Waals surface area contributed by atoms with Crippen molar-refractivity contribution in [1.29, 1.82) is 0 Å². The third-order valence-corrected chi connectivity index (χ3v) is 5.07. The third kappa shape index (κ3) is 3.12. The van der Waals surface area contributed by atoms with Crippen molar-refractivity contribution in [3.8, 4) is 0 Å². The molecular weight excluding hydrogens is 330 g/mol. The molecule has 7 heteroatoms. The monoisotopic (exact) mass is 351 g/mol. The number of aryl methyl sites for hydroxylation is 1. The predicted octanol–water partition coefficient (Wildman–Crippen LogP) is 0.865. The van der Waals surface area contributed by atoms with E-state index in [4.69, 9.17) is 5.73 Å². The number of likely N-dealkylation sites (tertiary alicyclic amines) is 1. The van der Waals surface area contributed by atoms with E-state index in [1.54, 1.807) is 13.0 Å². The minimum absolute atomic E-state index is 0.0722. The molecular formula is C19H21N5O2. The van der Waals surface area contributed by atoms with E-state index in [1.165, 1.54) is 11.1 Å². The number of nitrogens with one attached hydrogen (secondary N) is 1. The van der Waals surface area contributed by atoms with Crippen molar-refractivity contribution in [2.45, 2.75) is 38.3 Å². The zero-order valence-corrected chi connectivity index (χ0v) is 14.6. The van der Waals surface area contributed by atoms with E-state index in [9.17, 15) is 9.59 Å². The van der Waals surface area contributed by atoms with Crippen LogP contribution in [0.5, 0.6) is 0 Å². The molecule has 26 heavy (non-hydrogen) atoms. The molecule has 1 unspecified atom stereocenters. The van der Waals surface area contributed by atoms with Gasteiger partial charge in [0.2, 0.25) is 11.9 Å². The highest BCUT2D eigenvalue weighted by Crippen LogP contribution is 2.28. The minimum Gasteiger partial charge on any atom is -0.368 e. The molecule has 2 aromatic rings. The van der Waals surface area contributed by atoms with E-state index in [0.717, 1.165) is 12.8 Å². The second-order valence-electron chi connectivity index (χ2n) is 7.00. The van der Waals surface area contributed by atoms with Crippen LogP contribution in [-0.2, 0) is 17.6 Å². The van der Waals surface area contributed by atoms with Crippen LogP contribution < -0.4 is 11.1 Å². The van der Waals surface area contributed by atoms with Gasteiger partial charge in [-0.2, -0.15) is 0 Å². The van der Waals surface area contributed by atoms with E-state index < -0.39 is 0 Å². The molecule has 134 valence electrons. The summed E-state index contributed by atoms with van der Waals surface area (Å²) in [5, 5.41) is 2.91. The Bertz CT molecular complexity index is 837. The normalized spacial score (nSPS) is 19.7. The Morgan fingerprint density at radius 3 is 2.54 bits per heavy atom. The van der Waals surface area contributed by atoms with Gasteiger partial charge in [0, 0.05) is 24.7 Å². The molecule has 1 atom stereocenters. The van der Waals surface area contributed by atoms with Crippen molar-refractivity contribution in [3.05, 3.63) is 52.8 Å². The van der Waals surface area contributed by atoms with Crippen molar-refractivity contribution in [2.24, 2.45) is 0 Å². The van der Waals surface area contributed by atoms with E-state index >= 15 is 0 Å². The number of carbonyl (C=O) groups is 2. The number of fused-ring (bicyclic) bond motifs is 1. The van der Waals surface area contributed by atoms with Crippen molar-refractivity contribution >= 4 is 17.8 Å². The Labute approximate surface area is 151 Å². The van der Waals surface area contributed by atoms with Gasteiger partial charge < -0.3 is 16.0 Å². The molecule has 1 aliphatic heterocycles. The first-order chi connectivity index (χ1) is 12.5. The summed E-state index contributed by atoms with van der Waals surface area (Å²) in [6.45, 7) is 2.29. The molecule has 1 aromatic carbocycles. The molecule has 3 N–H and O–H groups in total. The second kappa shape index (κ2) is 6.40. The van der Waals surface area contributed by atoms with Crippen LogP contribution in [0.25, 0.3) is 0 Å². The Morgan fingerprint density at radius 2 is 1.88 bits per heavy atom. The molecule has 1 aliphatic carbocycles. The standard InChI is InChI=1S/C19H21N5O2/c1-11-6-16(23-19(20)21-11)18(26)22-14-9-17(25)24(10-14)15-7-12-4-2-3-5-13(12)8-15/h2-6,14-15H,7-10H2,1H3,(H,22,26)(H2,20,21,23). The number of rotatable bonds is 3. The van der Waals surface area contributed by atoms with Crippen LogP contribution in [0.15, 0.2) is 30.3 Å². The minimum atomic E-state index is -0.323. The summed E-state index contributed by atoms with van der Waals surface area (Å²) < 4.78 is 0. The molecule has 0 bridgehead atoms. The number of nitrogen functional groups attached to an aromatic ring is 1. The van der Waals surface area contributed by atoms with Crippen LogP contribution in [0.4, 0.5) is 5.95 Å². The molecule has 1 saturated heterocycles. The average Bonchev–Trinajstić information content (AvgIpc) is 3.16. The van der Waals surface area contributed by atoms with Crippen molar-refractivity contribution in [1.82, 2.24) is 20.2 Å². The number of nitrogens with two attached hydrogens (primary N) is 1. The molecule has 1 aromatic heterocycles. The number of aromatic nitrogens is 2. The van der Waals surface area contributed by atoms with E-state index in [0.29, 0.717) is 18.7 Å². The molecule has 0 radical (unpaired) electrons. The lowest BCUT2D eigenvalue weighted by atomic mass is 10.1. The summed E-state index contributed by atoms with van der Waals surface area (Å²) in [6.07, 6.45) is 2.08. The van der Waals surface area contributed by atoms with Crippen molar-refractivity contribution < 1.29 is 9.59 Å². The molecule has 0 spiro atoms. The zero-order valence-electron chi connectivity index (χ0n) is 14.6. The van der Waals surface area contributed by atoms with Crippen LogP contribution in [0, 0.1) is 6.92 Å². The molecule has 2 amide bonds. The number of amides is 2. The van der Waals surface area contributed by atoms with Gasteiger partial charge in [0.25, 0.3) is 5.91 Å². The zero-order chi connectivity index (χ0) is 18.3. The quantitative estimate of drug-likeness (QED) is 0.854. The summed E-state index contributed by atoms with van der Waals surface area (Å²) in [5.41, 5.74) is 9.09. The SMILES string of the molecule is Cc1cc(C(=O)NC2CC(=O)N(C3Cc4ccccc4C3)C2)nc(N)n1. The number of hydrogen-bond acceptors (Lipinski definition) is 5. The van der Waals surface area contributed by atoms with Gasteiger partial charge >= 0.3 is 0 Å². The molecule has 7 nitrogen and oxygen atoms in total. The third-order valence-electron chi connectivity index (χ3n) is 5.07. The van der Waals surface area contributed by atoms with Crippen molar-refractivity contribution in [3.63, 3.8) is 0 Å². The molecule has 2 aliphatic rings. The molecule has 2 heterocycles. The van der Waals surface area contributed by atoms with E-state index in [-0.39, 0.29) is 35.5 Å². The first-order valence-electron chi connectivity index (χ1n) is 8.78. The number of anilines is 1. The Kier molecular flexibility index (Phi) is 4.06. The van der Waals surface area contributed by atoms with Crippen LogP contribution >= 0.6 is 0 Å². The maximum Gasteiger partial charge on any atom is 0.270 e. The fraction of sp³-hybridized carbons (Fsp3) is 0.368. The Hall–Kier alpha value is -2.96. The Morgan fingerprint density at radius 1 is 1.19 bits per heavy atom. The number of nitrogens with zero attached hydrogens (tertiary/aromatic N) is 3. The highest BCUT2D eigenvalue weighted by Gasteiger charge is 2.37. The van der Waals surface area contributed by atoms with Crippen LogP contribution in [0.2, 0.25) is 0 Å². The topological polar surface area (TPSA) is 101 Å². The van der Waals surface area contributed by atoms with Gasteiger partial charge in [-0.3, -0.25) is 9.59 Å². The first kappa shape index (κ1) is 16.5. The maximum absolute atomic E-state index is 12.5. The maximum atomic E-state index is 12.5. The lowest BCUT2D eigenvalue weighted by Gasteiger charge is -2.24. The number of carbonyl (C=O) groups excluding carboxylic acids is 2. The lowest BCUT2D eigenvalue weighted by Crippen LogP contribution is -2.41. The fourth-order valence-electron chi connectivity index (χ4n) is 3.90. The van der Waals surface area contributed by atoms with E-state index in [1.807, 2.05) is 17.0 Å². The molecule has 0 saturated carbocycles. The Balaban J connectivity index is 1.41. The lowest BCUT2D eigenvalue weighted by molar-refractivity contribution is -0.129. The van der Waals surface area contributed by atoms with Gasteiger partial charge in [-0.15, -0.1) is 0 Å². The van der Waals surface area contributed by atoms with Gasteiger partial charge in [0.15, 0.2) is 0 Å². The molecule has 4 rings (SSSR count). The highest BCUT2D eigenvalue weighted by atomic mass is 16.2. The summed E-state index contributed by atoms with van der Waals surface area (Å²) in [6, 6.07) is 9.87. The largest absolute Gasteiger partial charge is 0.368 e. The van der Waals surface area contributed by atoms with Crippen molar-refractivity contribution in [2.75, 3.05) is 12.3 Å². The summed E-state index contributed by atoms with van der Waals surface area (Å²) >= 11 is 0.